The fourth-order valence-electron chi connectivity index (χ4n) is 1.21. The minimum absolute atomic E-state index is 1.14. The molecule has 0 saturated heterocycles. The molecule has 0 N–H and O–H groups in total. The topological polar surface area (TPSA) is 0 Å². The van der Waals surface area contributed by atoms with Crippen LogP contribution in [0.15, 0.2) is 73.8 Å². The van der Waals surface area contributed by atoms with E-state index in [1.165, 1.54) is 11.1 Å². The lowest BCUT2D eigenvalue weighted by molar-refractivity contribution is 1.14. The number of hydrogen-bond donors (Lipinski definition) is 0. The Morgan fingerprint density at radius 3 is 1.41 bits per heavy atom. The van der Waals surface area contributed by atoms with Gasteiger partial charge in [0.1, 0.15) is 0 Å². The van der Waals surface area contributed by atoms with Crippen molar-refractivity contribution in [2.45, 2.75) is 20.3 Å². The molecule has 0 amide bonds. The van der Waals surface area contributed by atoms with Crippen LogP contribution in [0.5, 0.6) is 0 Å². The molecule has 0 aliphatic heterocycles. The second kappa shape index (κ2) is 10.7. The molecular weight excluding hydrogens is 204 g/mol. The first-order valence-corrected chi connectivity index (χ1v) is 5.88. The predicted octanol–water partition coefficient (Wildman–Crippen LogP) is 5.05. The maximum atomic E-state index is 3.00. The van der Waals surface area contributed by atoms with Crippen molar-refractivity contribution in [1.82, 2.24) is 0 Å². The van der Waals surface area contributed by atoms with Gasteiger partial charge in [-0.05, 0) is 18.9 Å². The molecule has 0 saturated carbocycles. The Morgan fingerprint density at radius 2 is 1.12 bits per heavy atom. The molecule has 0 fully saturated rings. The van der Waals surface area contributed by atoms with E-state index in [0.717, 1.165) is 6.42 Å². The van der Waals surface area contributed by atoms with Crippen LogP contribution in [0.2, 0.25) is 0 Å². The number of rotatable bonds is 1. The first kappa shape index (κ1) is 15.2. The van der Waals surface area contributed by atoms with Gasteiger partial charge >= 0.3 is 0 Å². The lowest BCUT2D eigenvalue weighted by atomic mass is 10.1. The van der Waals surface area contributed by atoms with E-state index < -0.39 is 0 Å². The summed E-state index contributed by atoms with van der Waals surface area (Å²) in [4.78, 5) is 0. The maximum Gasteiger partial charge on any atom is -0.0307 e. The predicted molar refractivity (Wildman–Crippen MR) is 78.3 cm³/mol. The molecule has 0 aliphatic rings. The molecule has 2 aromatic carbocycles. The standard InChI is InChI=1S/C9H12.C6H6.C2H4/c1-3-9-6-4-8(2)5-7-9;1-2-4-6-5-3-1;1-2/h4-7H,3H2,1-2H3;1-6H;1-2H2. The van der Waals surface area contributed by atoms with Crippen molar-refractivity contribution in [2.75, 3.05) is 0 Å². The zero-order valence-corrected chi connectivity index (χ0v) is 10.9. The van der Waals surface area contributed by atoms with Gasteiger partial charge in [-0.25, -0.2) is 0 Å². The summed E-state index contributed by atoms with van der Waals surface area (Å²) in [5, 5.41) is 0. The average molecular weight is 226 g/mol. The van der Waals surface area contributed by atoms with Crippen LogP contribution in [0.4, 0.5) is 0 Å². The van der Waals surface area contributed by atoms with E-state index in [1.54, 1.807) is 0 Å². The maximum absolute atomic E-state index is 3.00. The van der Waals surface area contributed by atoms with Gasteiger partial charge in [-0.2, -0.15) is 0 Å². The van der Waals surface area contributed by atoms with Gasteiger partial charge in [0.2, 0.25) is 0 Å². The van der Waals surface area contributed by atoms with Crippen LogP contribution in [-0.2, 0) is 6.42 Å². The molecule has 0 heterocycles. The second-order valence-electron chi connectivity index (χ2n) is 3.49. The summed E-state index contributed by atoms with van der Waals surface area (Å²) in [6.45, 7) is 10.3. The summed E-state index contributed by atoms with van der Waals surface area (Å²) in [7, 11) is 0. The first-order chi connectivity index (χ1) is 8.33. The van der Waals surface area contributed by atoms with Gasteiger partial charge in [-0.3, -0.25) is 0 Å². The third kappa shape index (κ3) is 8.04. The molecule has 0 aliphatic carbocycles. The van der Waals surface area contributed by atoms with Crippen molar-refractivity contribution in [3.8, 4) is 0 Å². The highest BCUT2D eigenvalue weighted by Gasteiger charge is 1.84. The second-order valence-corrected chi connectivity index (χ2v) is 3.49. The summed E-state index contributed by atoms with van der Waals surface area (Å²) in [5.74, 6) is 0. The summed E-state index contributed by atoms with van der Waals surface area (Å²) in [6, 6.07) is 20.7. The highest BCUT2D eigenvalue weighted by Crippen LogP contribution is 2.02. The molecule has 0 bridgehead atoms. The monoisotopic (exact) mass is 226 g/mol. The first-order valence-electron chi connectivity index (χ1n) is 5.88. The van der Waals surface area contributed by atoms with Gasteiger partial charge in [-0.15, -0.1) is 13.2 Å². The van der Waals surface area contributed by atoms with Crippen LogP contribution in [0.3, 0.4) is 0 Å². The number of hydrogen-bond acceptors (Lipinski definition) is 0. The normalized spacial score (nSPS) is 8.12. The molecule has 17 heavy (non-hydrogen) atoms. The molecule has 0 aromatic heterocycles. The van der Waals surface area contributed by atoms with E-state index >= 15 is 0 Å². The van der Waals surface area contributed by atoms with Gasteiger partial charge in [0.25, 0.3) is 0 Å². The fraction of sp³-hybridized carbons (Fsp3) is 0.176. The van der Waals surface area contributed by atoms with E-state index in [0.29, 0.717) is 0 Å². The van der Waals surface area contributed by atoms with E-state index in [9.17, 15) is 0 Å². The minimum atomic E-state index is 1.14. The molecule has 0 spiro atoms. The van der Waals surface area contributed by atoms with Crippen LogP contribution in [-0.4, -0.2) is 0 Å². The molecule has 0 radical (unpaired) electrons. The van der Waals surface area contributed by atoms with Crippen molar-refractivity contribution in [1.29, 1.82) is 0 Å². The van der Waals surface area contributed by atoms with E-state index in [1.807, 2.05) is 36.4 Å². The zero-order valence-electron chi connectivity index (χ0n) is 10.9. The van der Waals surface area contributed by atoms with Crippen LogP contribution >= 0.6 is 0 Å². The molecule has 0 atom stereocenters. The third-order valence-electron chi connectivity index (χ3n) is 2.20. The Balaban J connectivity index is 0.000000278. The summed E-state index contributed by atoms with van der Waals surface area (Å²) >= 11 is 0. The smallest absolute Gasteiger partial charge is 0.0307 e. The summed E-state index contributed by atoms with van der Waals surface area (Å²) in [5.41, 5.74) is 2.76. The average Bonchev–Trinajstić information content (AvgIpc) is 2.44. The SMILES string of the molecule is C=C.CCc1ccc(C)cc1.c1ccccc1. The molecule has 2 aromatic rings. The third-order valence-corrected chi connectivity index (χ3v) is 2.20. The molecule has 0 unspecified atom stereocenters. The van der Waals surface area contributed by atoms with E-state index in [4.69, 9.17) is 0 Å². The summed E-state index contributed by atoms with van der Waals surface area (Å²) in [6.07, 6.45) is 1.14. The Hall–Kier alpha value is -1.82. The van der Waals surface area contributed by atoms with Crippen LogP contribution in [0, 0.1) is 6.92 Å². The Labute approximate surface area is 106 Å². The molecule has 0 nitrogen and oxygen atoms in total. The van der Waals surface area contributed by atoms with Gasteiger partial charge < -0.3 is 0 Å². The Kier molecular flexibility index (Phi) is 9.55. The summed E-state index contributed by atoms with van der Waals surface area (Å²) < 4.78 is 0. The van der Waals surface area contributed by atoms with Crippen molar-refractivity contribution in [3.05, 3.63) is 84.9 Å². The van der Waals surface area contributed by atoms with Crippen molar-refractivity contribution >= 4 is 0 Å². The van der Waals surface area contributed by atoms with Gasteiger partial charge in [0.15, 0.2) is 0 Å². The Bertz CT molecular complexity index is 332. The van der Waals surface area contributed by atoms with Gasteiger partial charge in [-0.1, -0.05) is 73.2 Å². The van der Waals surface area contributed by atoms with E-state index in [2.05, 4.69) is 51.3 Å². The number of aryl methyl sites for hydroxylation is 2. The van der Waals surface area contributed by atoms with Crippen LogP contribution in [0.25, 0.3) is 0 Å². The largest absolute Gasteiger partial charge is 0.106 e. The molecular formula is C17H22. The molecule has 90 valence electrons. The van der Waals surface area contributed by atoms with E-state index in [-0.39, 0.29) is 0 Å². The lowest BCUT2D eigenvalue weighted by Crippen LogP contribution is -1.77. The minimum Gasteiger partial charge on any atom is -0.106 e. The Morgan fingerprint density at radius 1 is 0.765 bits per heavy atom. The molecule has 2 rings (SSSR count). The van der Waals surface area contributed by atoms with Gasteiger partial charge in [0, 0.05) is 0 Å². The van der Waals surface area contributed by atoms with Gasteiger partial charge in [0.05, 0.1) is 0 Å². The van der Waals surface area contributed by atoms with Crippen LogP contribution in [0.1, 0.15) is 18.1 Å². The van der Waals surface area contributed by atoms with Crippen molar-refractivity contribution in [2.24, 2.45) is 0 Å². The van der Waals surface area contributed by atoms with Crippen LogP contribution < -0.4 is 0 Å². The fourth-order valence-corrected chi connectivity index (χ4v) is 1.21. The quantitative estimate of drug-likeness (QED) is 0.597. The zero-order chi connectivity index (χ0) is 12.9. The highest BCUT2D eigenvalue weighted by atomic mass is 13.9. The lowest BCUT2D eigenvalue weighted by Gasteiger charge is -1.94. The highest BCUT2D eigenvalue weighted by molar-refractivity contribution is 5.20. The van der Waals surface area contributed by atoms with Crippen molar-refractivity contribution < 1.29 is 0 Å². The van der Waals surface area contributed by atoms with Crippen molar-refractivity contribution in [3.63, 3.8) is 0 Å². The molecule has 0 heteroatoms. The number of benzene rings is 2.